The normalized spacial score (nSPS) is 10.6. The number of aromatic hydroxyl groups is 2. The molecule has 2 rings (SSSR count). The molecule has 0 unspecified atom stereocenters. The number of hydrogen-bond acceptors (Lipinski definition) is 4. The fourth-order valence-electron chi connectivity index (χ4n) is 3.24. The fraction of sp³-hybridized carbons (Fsp3) is 0.364. The summed E-state index contributed by atoms with van der Waals surface area (Å²) in [4.78, 5) is 22.7. The van der Waals surface area contributed by atoms with E-state index in [0.717, 1.165) is 28.7 Å². The highest BCUT2D eigenvalue weighted by atomic mass is 16.3. The van der Waals surface area contributed by atoms with Crippen LogP contribution in [0.25, 0.3) is 11.1 Å². The molecule has 150 valence electrons. The minimum absolute atomic E-state index is 0.0859. The lowest BCUT2D eigenvalue weighted by molar-refractivity contribution is -0.120. The number of aryl methyl sites for hydroxylation is 2. The van der Waals surface area contributed by atoms with E-state index in [9.17, 15) is 19.8 Å². The molecule has 0 bridgehead atoms. The molecule has 0 atom stereocenters. The van der Waals surface area contributed by atoms with Gasteiger partial charge in [-0.1, -0.05) is 19.4 Å². The first kappa shape index (κ1) is 21.3. The van der Waals surface area contributed by atoms with Crippen LogP contribution in [0.4, 0.5) is 0 Å². The second-order valence-electron chi connectivity index (χ2n) is 7.01. The Kier molecular flexibility index (Phi) is 7.04. The summed E-state index contributed by atoms with van der Waals surface area (Å²) in [6.07, 6.45) is 1.54. The summed E-state index contributed by atoms with van der Waals surface area (Å²) in [5.41, 5.74) is 4.51. The van der Waals surface area contributed by atoms with Crippen molar-refractivity contribution in [3.63, 3.8) is 0 Å². The van der Waals surface area contributed by atoms with Crippen molar-refractivity contribution in [1.82, 2.24) is 10.6 Å². The maximum atomic E-state index is 11.4. The minimum Gasteiger partial charge on any atom is -0.508 e. The van der Waals surface area contributed by atoms with Crippen LogP contribution in [-0.4, -0.2) is 22.0 Å². The molecule has 0 saturated heterocycles. The first-order valence-electron chi connectivity index (χ1n) is 9.39. The van der Waals surface area contributed by atoms with Gasteiger partial charge < -0.3 is 20.8 Å². The molecule has 6 nitrogen and oxygen atoms in total. The van der Waals surface area contributed by atoms with Gasteiger partial charge in [-0.2, -0.15) is 0 Å². The van der Waals surface area contributed by atoms with Crippen LogP contribution in [0.15, 0.2) is 24.3 Å². The molecule has 0 heterocycles. The topological polar surface area (TPSA) is 98.7 Å². The van der Waals surface area contributed by atoms with Crippen molar-refractivity contribution in [2.45, 2.75) is 53.6 Å². The standard InChI is InChI=1S/C22H28N2O4/c1-5-6-17-8-16(11-23-14(3)25)9-20(22(17)28)19-10-18(27)7-13(2)21(19)12-24-15(4)26/h7-10,27-28H,5-6,11-12H2,1-4H3,(H,23,25)(H,24,26). The second kappa shape index (κ2) is 9.26. The molecule has 2 aromatic carbocycles. The Morgan fingerprint density at radius 2 is 1.57 bits per heavy atom. The van der Waals surface area contributed by atoms with Gasteiger partial charge in [0.15, 0.2) is 0 Å². The largest absolute Gasteiger partial charge is 0.508 e. The van der Waals surface area contributed by atoms with Crippen LogP contribution in [0.2, 0.25) is 0 Å². The molecule has 2 aromatic rings. The Hall–Kier alpha value is -3.02. The smallest absolute Gasteiger partial charge is 0.217 e. The van der Waals surface area contributed by atoms with Gasteiger partial charge in [0, 0.05) is 32.5 Å². The Morgan fingerprint density at radius 3 is 2.18 bits per heavy atom. The van der Waals surface area contributed by atoms with Crippen LogP contribution in [0.3, 0.4) is 0 Å². The molecule has 0 aromatic heterocycles. The van der Waals surface area contributed by atoms with Gasteiger partial charge in [-0.05, 0) is 59.4 Å². The van der Waals surface area contributed by atoms with Crippen molar-refractivity contribution < 1.29 is 19.8 Å². The number of carbonyl (C=O) groups excluding carboxylic acids is 2. The van der Waals surface area contributed by atoms with E-state index in [-0.39, 0.29) is 29.9 Å². The predicted molar refractivity (Wildman–Crippen MR) is 109 cm³/mol. The lowest BCUT2D eigenvalue weighted by Crippen LogP contribution is -2.20. The number of nitrogens with one attached hydrogen (secondary N) is 2. The molecule has 28 heavy (non-hydrogen) atoms. The molecule has 6 heteroatoms. The summed E-state index contributed by atoms with van der Waals surface area (Å²) in [5.74, 6) is -0.0507. The molecule has 0 aliphatic carbocycles. The minimum atomic E-state index is -0.159. The molecule has 0 fully saturated rings. The molecular formula is C22H28N2O4. The van der Waals surface area contributed by atoms with Gasteiger partial charge in [-0.25, -0.2) is 0 Å². The van der Waals surface area contributed by atoms with Crippen LogP contribution in [0.5, 0.6) is 11.5 Å². The van der Waals surface area contributed by atoms with E-state index in [0.29, 0.717) is 24.1 Å². The van der Waals surface area contributed by atoms with Gasteiger partial charge in [-0.15, -0.1) is 0 Å². The van der Waals surface area contributed by atoms with E-state index in [1.807, 2.05) is 26.0 Å². The quantitative estimate of drug-likeness (QED) is 0.589. The first-order valence-corrected chi connectivity index (χ1v) is 9.39. The van der Waals surface area contributed by atoms with Gasteiger partial charge in [0.1, 0.15) is 11.5 Å². The summed E-state index contributed by atoms with van der Waals surface area (Å²) in [6, 6.07) is 6.93. The third-order valence-corrected chi connectivity index (χ3v) is 4.57. The summed E-state index contributed by atoms with van der Waals surface area (Å²) in [5, 5.41) is 26.6. The first-order chi connectivity index (χ1) is 13.2. The number of rotatable bonds is 7. The molecule has 0 radical (unpaired) electrons. The van der Waals surface area contributed by atoms with Gasteiger partial charge >= 0.3 is 0 Å². The number of phenols is 2. The summed E-state index contributed by atoms with van der Waals surface area (Å²) >= 11 is 0. The highest BCUT2D eigenvalue weighted by Gasteiger charge is 2.17. The number of amides is 2. The zero-order valence-electron chi connectivity index (χ0n) is 16.8. The predicted octanol–water partition coefficient (Wildman–Crippen LogP) is 3.30. The Labute approximate surface area is 165 Å². The van der Waals surface area contributed by atoms with E-state index in [1.54, 1.807) is 12.1 Å². The Balaban J connectivity index is 2.64. The maximum absolute atomic E-state index is 11.4. The Morgan fingerprint density at radius 1 is 0.929 bits per heavy atom. The fourth-order valence-corrected chi connectivity index (χ4v) is 3.24. The van der Waals surface area contributed by atoms with Crippen molar-refractivity contribution in [3.05, 3.63) is 46.5 Å². The monoisotopic (exact) mass is 384 g/mol. The van der Waals surface area contributed by atoms with Gasteiger partial charge in [0.2, 0.25) is 11.8 Å². The lowest BCUT2D eigenvalue weighted by Gasteiger charge is -2.18. The van der Waals surface area contributed by atoms with Crippen LogP contribution in [0.1, 0.15) is 49.4 Å². The van der Waals surface area contributed by atoms with E-state index in [4.69, 9.17) is 0 Å². The zero-order chi connectivity index (χ0) is 20.8. The van der Waals surface area contributed by atoms with Crippen LogP contribution in [-0.2, 0) is 29.1 Å². The third-order valence-electron chi connectivity index (χ3n) is 4.57. The number of phenolic OH excluding ortho intramolecular Hbond substituents is 2. The maximum Gasteiger partial charge on any atom is 0.217 e. The van der Waals surface area contributed by atoms with Crippen molar-refractivity contribution in [1.29, 1.82) is 0 Å². The van der Waals surface area contributed by atoms with Crippen molar-refractivity contribution in [2.24, 2.45) is 0 Å². The van der Waals surface area contributed by atoms with E-state index in [2.05, 4.69) is 10.6 Å². The molecule has 0 aliphatic rings. The summed E-state index contributed by atoms with van der Waals surface area (Å²) < 4.78 is 0. The molecule has 0 spiro atoms. The molecule has 2 amide bonds. The molecule has 0 aliphatic heterocycles. The highest BCUT2D eigenvalue weighted by Crippen LogP contribution is 2.39. The Bertz CT molecular complexity index is 891. The SMILES string of the molecule is CCCc1cc(CNC(C)=O)cc(-c2cc(O)cc(C)c2CNC(C)=O)c1O. The molecule has 0 saturated carbocycles. The number of benzene rings is 2. The summed E-state index contributed by atoms with van der Waals surface area (Å²) in [7, 11) is 0. The molecular weight excluding hydrogens is 356 g/mol. The average Bonchev–Trinajstić information content (AvgIpc) is 2.60. The van der Waals surface area contributed by atoms with Crippen molar-refractivity contribution in [3.8, 4) is 22.6 Å². The third kappa shape index (κ3) is 5.25. The van der Waals surface area contributed by atoms with Crippen LogP contribution < -0.4 is 10.6 Å². The molecule has 4 N–H and O–H groups in total. The van der Waals surface area contributed by atoms with Gasteiger partial charge in [0.25, 0.3) is 0 Å². The lowest BCUT2D eigenvalue weighted by atomic mass is 9.91. The van der Waals surface area contributed by atoms with Gasteiger partial charge in [0.05, 0.1) is 0 Å². The number of hydrogen-bond donors (Lipinski definition) is 4. The summed E-state index contributed by atoms with van der Waals surface area (Å²) in [6.45, 7) is 7.41. The van der Waals surface area contributed by atoms with Crippen molar-refractivity contribution in [2.75, 3.05) is 0 Å². The zero-order valence-corrected chi connectivity index (χ0v) is 16.8. The van der Waals surface area contributed by atoms with E-state index < -0.39 is 0 Å². The average molecular weight is 384 g/mol. The number of carbonyl (C=O) groups is 2. The van der Waals surface area contributed by atoms with E-state index in [1.165, 1.54) is 13.8 Å². The second-order valence-corrected chi connectivity index (χ2v) is 7.01. The van der Waals surface area contributed by atoms with Crippen LogP contribution in [0, 0.1) is 6.92 Å². The van der Waals surface area contributed by atoms with E-state index >= 15 is 0 Å². The van der Waals surface area contributed by atoms with Crippen LogP contribution >= 0.6 is 0 Å². The van der Waals surface area contributed by atoms with Gasteiger partial charge in [-0.3, -0.25) is 9.59 Å². The van der Waals surface area contributed by atoms with Crippen molar-refractivity contribution >= 4 is 11.8 Å². The highest BCUT2D eigenvalue weighted by molar-refractivity contribution is 5.79.